The van der Waals surface area contributed by atoms with Crippen LogP contribution >= 0.6 is 0 Å². The average molecular weight is 383 g/mol. The van der Waals surface area contributed by atoms with E-state index in [4.69, 9.17) is 0 Å². The van der Waals surface area contributed by atoms with Crippen LogP contribution in [-0.2, 0) is 20.0 Å². The van der Waals surface area contributed by atoms with Crippen LogP contribution in [-0.4, -0.2) is 39.8 Å². The van der Waals surface area contributed by atoms with Crippen molar-refractivity contribution in [2.45, 2.75) is 47.9 Å². The molecule has 1 saturated heterocycles. The zero-order valence-corrected chi connectivity index (χ0v) is 15.6. The predicted octanol–water partition coefficient (Wildman–Crippen LogP) is 1.44. The molecule has 1 N–H and O–H groups in total. The van der Waals surface area contributed by atoms with Crippen molar-refractivity contribution in [1.82, 2.24) is 9.03 Å². The summed E-state index contributed by atoms with van der Waals surface area (Å²) < 4.78 is 53.9. The molecule has 1 aliphatic carbocycles. The van der Waals surface area contributed by atoms with Crippen molar-refractivity contribution >= 4 is 20.0 Å². The fourth-order valence-electron chi connectivity index (χ4n) is 3.06. The lowest BCUT2D eigenvalue weighted by atomic mass is 10.0. The molecule has 0 aromatic heterocycles. The van der Waals surface area contributed by atoms with Crippen LogP contribution in [0.1, 0.15) is 32.6 Å². The standard InChI is InChI=1S/C16H21N3O4S2/c1-16(12-17,13-4-5-13)18-24(20,21)14-6-8-15(9-7-14)25(22,23)19-10-2-3-11-19/h6-9,13,18H,2-5,10-11H2,1H3/t16-/m0/s1. The molecule has 2 aliphatic rings. The summed E-state index contributed by atoms with van der Waals surface area (Å²) in [5, 5.41) is 9.32. The molecular formula is C16H21N3O4S2. The van der Waals surface area contributed by atoms with Gasteiger partial charge in [0.2, 0.25) is 20.0 Å². The first-order valence-electron chi connectivity index (χ1n) is 8.24. The summed E-state index contributed by atoms with van der Waals surface area (Å²) in [4.78, 5) is 0.0357. The molecule has 0 spiro atoms. The van der Waals surface area contributed by atoms with E-state index in [1.807, 2.05) is 6.07 Å². The Morgan fingerprint density at radius 1 is 1.08 bits per heavy atom. The molecule has 1 heterocycles. The second-order valence-corrected chi connectivity index (χ2v) is 10.4. The molecule has 1 aliphatic heterocycles. The van der Waals surface area contributed by atoms with Crippen LogP contribution in [0.4, 0.5) is 0 Å². The first-order valence-corrected chi connectivity index (χ1v) is 11.2. The topological polar surface area (TPSA) is 107 Å². The third-order valence-corrected chi connectivity index (χ3v) is 8.31. The number of rotatable bonds is 6. The number of sulfonamides is 2. The summed E-state index contributed by atoms with van der Waals surface area (Å²) in [6, 6.07) is 7.21. The third-order valence-electron chi connectivity index (χ3n) is 4.81. The van der Waals surface area contributed by atoms with Crippen LogP contribution in [0.2, 0.25) is 0 Å². The Morgan fingerprint density at radius 3 is 2.08 bits per heavy atom. The van der Waals surface area contributed by atoms with E-state index in [-0.39, 0.29) is 15.7 Å². The molecule has 7 nitrogen and oxygen atoms in total. The number of hydrogen-bond donors (Lipinski definition) is 1. The Bertz CT molecular complexity index is 894. The van der Waals surface area contributed by atoms with Gasteiger partial charge in [0.15, 0.2) is 0 Å². The van der Waals surface area contributed by atoms with E-state index in [2.05, 4.69) is 4.72 Å². The fraction of sp³-hybridized carbons (Fsp3) is 0.562. The van der Waals surface area contributed by atoms with E-state index < -0.39 is 25.6 Å². The molecule has 2 fully saturated rings. The molecule has 9 heteroatoms. The highest BCUT2D eigenvalue weighted by atomic mass is 32.2. The largest absolute Gasteiger partial charge is 0.243 e. The van der Waals surface area contributed by atoms with Crippen LogP contribution in [0, 0.1) is 17.2 Å². The summed E-state index contributed by atoms with van der Waals surface area (Å²) in [6.07, 6.45) is 3.31. The Kier molecular flexibility index (Phi) is 4.66. The van der Waals surface area contributed by atoms with Crippen LogP contribution in [0.3, 0.4) is 0 Å². The summed E-state index contributed by atoms with van der Waals surface area (Å²) >= 11 is 0. The molecule has 1 aromatic carbocycles. The molecule has 0 bridgehead atoms. The molecule has 136 valence electrons. The maximum absolute atomic E-state index is 12.5. The predicted molar refractivity (Wildman–Crippen MR) is 91.5 cm³/mol. The van der Waals surface area contributed by atoms with Crippen molar-refractivity contribution < 1.29 is 16.8 Å². The van der Waals surface area contributed by atoms with Crippen molar-refractivity contribution in [2.24, 2.45) is 5.92 Å². The van der Waals surface area contributed by atoms with E-state index in [1.54, 1.807) is 6.92 Å². The highest BCUT2D eigenvalue weighted by molar-refractivity contribution is 7.89. The highest BCUT2D eigenvalue weighted by Crippen LogP contribution is 2.40. The van der Waals surface area contributed by atoms with E-state index in [1.165, 1.54) is 28.6 Å². The second kappa shape index (κ2) is 6.36. The fourth-order valence-corrected chi connectivity index (χ4v) is 5.96. The minimum Gasteiger partial charge on any atom is -0.207 e. The van der Waals surface area contributed by atoms with Gasteiger partial charge in [-0.25, -0.2) is 16.8 Å². The van der Waals surface area contributed by atoms with Crippen LogP contribution < -0.4 is 4.72 Å². The molecule has 25 heavy (non-hydrogen) atoms. The van der Waals surface area contributed by atoms with Gasteiger partial charge in [-0.3, -0.25) is 0 Å². The monoisotopic (exact) mass is 383 g/mol. The highest BCUT2D eigenvalue weighted by Gasteiger charge is 2.44. The second-order valence-electron chi connectivity index (χ2n) is 6.78. The van der Waals surface area contributed by atoms with Gasteiger partial charge in [0, 0.05) is 13.1 Å². The minimum atomic E-state index is -3.90. The van der Waals surface area contributed by atoms with Gasteiger partial charge in [-0.15, -0.1) is 0 Å². The van der Waals surface area contributed by atoms with Crippen molar-refractivity contribution in [3.05, 3.63) is 24.3 Å². The Hall–Kier alpha value is -1.47. The van der Waals surface area contributed by atoms with Crippen molar-refractivity contribution in [2.75, 3.05) is 13.1 Å². The molecular weight excluding hydrogens is 362 g/mol. The molecule has 1 saturated carbocycles. The lowest BCUT2D eigenvalue weighted by Gasteiger charge is -2.22. The van der Waals surface area contributed by atoms with E-state index in [0.29, 0.717) is 13.1 Å². The van der Waals surface area contributed by atoms with Gasteiger partial charge in [0.25, 0.3) is 0 Å². The summed E-state index contributed by atoms with van der Waals surface area (Å²) in [5.74, 6) is 0.0158. The summed E-state index contributed by atoms with van der Waals surface area (Å²) in [5.41, 5.74) is -1.14. The first kappa shape index (κ1) is 18.3. The van der Waals surface area contributed by atoms with E-state index >= 15 is 0 Å². The SMILES string of the molecule is C[C@@](C#N)(NS(=O)(=O)c1ccc(S(=O)(=O)N2CCCC2)cc1)C1CC1. The van der Waals surface area contributed by atoms with Gasteiger partial charge in [-0.1, -0.05) is 0 Å². The number of hydrogen-bond acceptors (Lipinski definition) is 5. The normalized spacial score (nSPS) is 21.6. The average Bonchev–Trinajstić information content (AvgIpc) is 3.29. The lowest BCUT2D eigenvalue weighted by Crippen LogP contribution is -2.46. The van der Waals surface area contributed by atoms with Crippen LogP contribution in [0.15, 0.2) is 34.1 Å². The van der Waals surface area contributed by atoms with Crippen LogP contribution in [0.25, 0.3) is 0 Å². The van der Waals surface area contributed by atoms with Gasteiger partial charge in [0.05, 0.1) is 15.9 Å². The molecule has 3 rings (SSSR count). The number of nitrogens with zero attached hydrogens (tertiary/aromatic N) is 2. The van der Waals surface area contributed by atoms with Gasteiger partial charge in [-0.05, 0) is 62.8 Å². The van der Waals surface area contributed by atoms with Crippen LogP contribution in [0.5, 0.6) is 0 Å². The molecule has 1 atom stereocenters. The number of nitriles is 1. The van der Waals surface area contributed by atoms with Crippen molar-refractivity contribution in [3.63, 3.8) is 0 Å². The molecule has 0 radical (unpaired) electrons. The van der Waals surface area contributed by atoms with Gasteiger partial charge >= 0.3 is 0 Å². The zero-order valence-electron chi connectivity index (χ0n) is 14.0. The molecule has 0 amide bonds. The van der Waals surface area contributed by atoms with E-state index in [9.17, 15) is 22.1 Å². The Labute approximate surface area is 148 Å². The van der Waals surface area contributed by atoms with E-state index in [0.717, 1.165) is 25.7 Å². The number of nitrogens with one attached hydrogen (secondary N) is 1. The van der Waals surface area contributed by atoms with Crippen molar-refractivity contribution in [1.29, 1.82) is 5.26 Å². The third kappa shape index (κ3) is 3.58. The quantitative estimate of drug-likeness (QED) is 0.800. The maximum Gasteiger partial charge on any atom is 0.243 e. The van der Waals surface area contributed by atoms with Crippen molar-refractivity contribution in [3.8, 4) is 6.07 Å². The molecule has 0 unspecified atom stereocenters. The van der Waals surface area contributed by atoms with Gasteiger partial charge in [-0.2, -0.15) is 14.3 Å². The first-order chi connectivity index (χ1) is 11.7. The number of benzene rings is 1. The Balaban J connectivity index is 1.83. The lowest BCUT2D eigenvalue weighted by molar-refractivity contribution is 0.458. The maximum atomic E-state index is 12.5. The Morgan fingerprint density at radius 2 is 1.60 bits per heavy atom. The zero-order chi connectivity index (χ0) is 18.3. The minimum absolute atomic E-state index is 0.0158. The molecule has 1 aromatic rings. The smallest absolute Gasteiger partial charge is 0.207 e. The summed E-state index contributed by atoms with van der Waals surface area (Å²) in [7, 11) is -7.48. The van der Waals surface area contributed by atoms with Gasteiger partial charge < -0.3 is 0 Å². The summed E-state index contributed by atoms with van der Waals surface area (Å²) in [6.45, 7) is 2.56. The van der Waals surface area contributed by atoms with Gasteiger partial charge in [0.1, 0.15) is 5.54 Å².